The maximum atomic E-state index is 12.5. The van der Waals surface area contributed by atoms with Crippen molar-refractivity contribution in [2.75, 3.05) is 5.32 Å². The van der Waals surface area contributed by atoms with E-state index < -0.39 is 12.1 Å². The highest BCUT2D eigenvalue weighted by Gasteiger charge is 2.26. The van der Waals surface area contributed by atoms with Crippen molar-refractivity contribution in [2.24, 2.45) is 0 Å². The normalized spacial score (nSPS) is 16.0. The lowest BCUT2D eigenvalue weighted by atomic mass is 10.1. The van der Waals surface area contributed by atoms with E-state index in [4.69, 9.17) is 0 Å². The van der Waals surface area contributed by atoms with Crippen molar-refractivity contribution in [3.8, 4) is 0 Å². The van der Waals surface area contributed by atoms with Crippen LogP contribution in [0.5, 0.6) is 0 Å². The SMILES string of the molecule is Cc1cccc(Cc2cnn(C(=O)NC3CCc4nccnc4NC3=O)c2)c1. The molecule has 142 valence electrons. The van der Waals surface area contributed by atoms with E-state index in [1.807, 2.05) is 25.1 Å². The van der Waals surface area contributed by atoms with Gasteiger partial charge in [0.2, 0.25) is 5.91 Å². The number of fused-ring (bicyclic) bond motifs is 1. The number of rotatable bonds is 3. The largest absolute Gasteiger partial charge is 0.342 e. The van der Waals surface area contributed by atoms with Crippen LogP contribution in [0.3, 0.4) is 0 Å². The number of nitrogens with zero attached hydrogens (tertiary/aromatic N) is 4. The van der Waals surface area contributed by atoms with Gasteiger partial charge < -0.3 is 10.6 Å². The Labute approximate surface area is 162 Å². The summed E-state index contributed by atoms with van der Waals surface area (Å²) >= 11 is 0. The Morgan fingerprint density at radius 3 is 3.00 bits per heavy atom. The molecule has 8 heteroatoms. The molecule has 0 radical (unpaired) electrons. The predicted octanol–water partition coefficient (Wildman–Crippen LogP) is 2.08. The lowest BCUT2D eigenvalue weighted by Crippen LogP contribution is -2.45. The van der Waals surface area contributed by atoms with Crippen LogP contribution in [0.25, 0.3) is 0 Å². The average molecular weight is 376 g/mol. The lowest BCUT2D eigenvalue weighted by Gasteiger charge is -2.14. The summed E-state index contributed by atoms with van der Waals surface area (Å²) in [5.74, 6) is 0.142. The maximum Gasteiger partial charge on any atom is 0.342 e. The summed E-state index contributed by atoms with van der Waals surface area (Å²) in [6.07, 6.45) is 8.14. The van der Waals surface area contributed by atoms with Crippen molar-refractivity contribution in [1.82, 2.24) is 25.1 Å². The highest BCUT2D eigenvalue weighted by molar-refractivity contribution is 5.97. The Bertz CT molecular complexity index is 1030. The van der Waals surface area contributed by atoms with Crippen molar-refractivity contribution in [3.05, 3.63) is 71.4 Å². The summed E-state index contributed by atoms with van der Waals surface area (Å²) in [4.78, 5) is 33.3. The van der Waals surface area contributed by atoms with Crippen LogP contribution < -0.4 is 10.6 Å². The summed E-state index contributed by atoms with van der Waals surface area (Å²) < 4.78 is 1.23. The number of nitrogens with one attached hydrogen (secondary N) is 2. The Balaban J connectivity index is 1.41. The fourth-order valence-corrected chi connectivity index (χ4v) is 3.24. The molecule has 0 spiro atoms. The molecule has 0 saturated carbocycles. The first-order valence-electron chi connectivity index (χ1n) is 9.09. The van der Waals surface area contributed by atoms with E-state index >= 15 is 0 Å². The Hall–Kier alpha value is -3.55. The number of amides is 2. The number of hydrogen-bond acceptors (Lipinski definition) is 5. The highest BCUT2D eigenvalue weighted by Crippen LogP contribution is 2.17. The zero-order valence-electron chi connectivity index (χ0n) is 15.4. The van der Waals surface area contributed by atoms with Crippen LogP contribution in [0, 0.1) is 6.92 Å². The minimum absolute atomic E-state index is 0.306. The third-order valence-corrected chi connectivity index (χ3v) is 4.63. The van der Waals surface area contributed by atoms with Gasteiger partial charge in [-0.1, -0.05) is 29.8 Å². The maximum absolute atomic E-state index is 12.5. The first-order valence-corrected chi connectivity index (χ1v) is 9.09. The van der Waals surface area contributed by atoms with Crippen molar-refractivity contribution in [2.45, 2.75) is 32.2 Å². The van der Waals surface area contributed by atoms with E-state index in [0.717, 1.165) is 11.1 Å². The van der Waals surface area contributed by atoms with Crippen molar-refractivity contribution < 1.29 is 9.59 Å². The molecule has 1 unspecified atom stereocenters. The second kappa shape index (κ2) is 7.59. The molecular formula is C20H20N6O2. The molecular weight excluding hydrogens is 356 g/mol. The molecule has 1 aliphatic heterocycles. The number of aromatic nitrogens is 4. The van der Waals surface area contributed by atoms with Crippen LogP contribution in [0.1, 0.15) is 28.8 Å². The van der Waals surface area contributed by atoms with E-state index in [0.29, 0.717) is 30.8 Å². The van der Waals surface area contributed by atoms with Crippen molar-refractivity contribution in [1.29, 1.82) is 0 Å². The fraction of sp³-hybridized carbons (Fsp3) is 0.250. The van der Waals surface area contributed by atoms with Gasteiger partial charge in [-0.25, -0.2) is 9.78 Å². The van der Waals surface area contributed by atoms with E-state index in [-0.39, 0.29) is 5.91 Å². The predicted molar refractivity (Wildman–Crippen MR) is 103 cm³/mol. The smallest absolute Gasteiger partial charge is 0.324 e. The van der Waals surface area contributed by atoms with Gasteiger partial charge in [0.25, 0.3) is 0 Å². The van der Waals surface area contributed by atoms with Gasteiger partial charge >= 0.3 is 6.03 Å². The van der Waals surface area contributed by atoms with Crippen molar-refractivity contribution in [3.63, 3.8) is 0 Å². The van der Waals surface area contributed by atoms with Gasteiger partial charge in [0.15, 0.2) is 5.82 Å². The highest BCUT2D eigenvalue weighted by atomic mass is 16.2. The molecule has 8 nitrogen and oxygen atoms in total. The molecule has 2 aromatic heterocycles. The minimum atomic E-state index is -0.673. The van der Waals surface area contributed by atoms with Gasteiger partial charge in [-0.15, -0.1) is 0 Å². The first kappa shape index (κ1) is 17.8. The quantitative estimate of drug-likeness (QED) is 0.729. The first-order chi connectivity index (χ1) is 13.6. The summed E-state index contributed by atoms with van der Waals surface area (Å²) in [7, 11) is 0. The van der Waals surface area contributed by atoms with Gasteiger partial charge in [0.05, 0.1) is 11.9 Å². The molecule has 1 aromatic carbocycles. The van der Waals surface area contributed by atoms with Crippen LogP contribution in [-0.2, 0) is 17.6 Å². The van der Waals surface area contributed by atoms with Crippen LogP contribution in [0.15, 0.2) is 49.1 Å². The Morgan fingerprint density at radius 2 is 2.14 bits per heavy atom. The summed E-state index contributed by atoms with van der Waals surface area (Å²) in [5, 5.41) is 9.59. The number of carbonyl (C=O) groups excluding carboxylic acids is 2. The Kier molecular flexibility index (Phi) is 4.84. The summed E-state index contributed by atoms with van der Waals surface area (Å²) in [6.45, 7) is 2.04. The van der Waals surface area contributed by atoms with Crippen LogP contribution >= 0.6 is 0 Å². The molecule has 2 N–H and O–H groups in total. The second-order valence-electron chi connectivity index (χ2n) is 6.84. The number of aryl methyl sites for hydroxylation is 2. The van der Waals surface area contributed by atoms with Crippen LogP contribution in [0.4, 0.5) is 10.6 Å². The molecule has 3 aromatic rings. The molecule has 0 saturated heterocycles. The van der Waals surface area contributed by atoms with E-state index in [1.165, 1.54) is 16.4 Å². The molecule has 4 rings (SSSR count). The number of carbonyl (C=O) groups is 2. The zero-order valence-corrected chi connectivity index (χ0v) is 15.4. The molecule has 0 fully saturated rings. The second-order valence-corrected chi connectivity index (χ2v) is 6.84. The zero-order chi connectivity index (χ0) is 19.5. The summed E-state index contributed by atoms with van der Waals surface area (Å²) in [6, 6.07) is 7.08. The van der Waals surface area contributed by atoms with E-state index in [2.05, 4.69) is 31.8 Å². The molecule has 0 bridgehead atoms. The van der Waals surface area contributed by atoms with E-state index in [9.17, 15) is 9.59 Å². The van der Waals surface area contributed by atoms with Gasteiger partial charge in [0.1, 0.15) is 6.04 Å². The summed E-state index contributed by atoms with van der Waals surface area (Å²) in [5.41, 5.74) is 3.98. The molecule has 0 aliphatic carbocycles. The van der Waals surface area contributed by atoms with Gasteiger partial charge in [-0.3, -0.25) is 9.78 Å². The van der Waals surface area contributed by atoms with Crippen molar-refractivity contribution >= 4 is 17.8 Å². The minimum Gasteiger partial charge on any atom is -0.324 e. The molecule has 1 aliphatic rings. The molecule has 28 heavy (non-hydrogen) atoms. The van der Waals surface area contributed by atoms with Gasteiger partial charge in [-0.2, -0.15) is 9.78 Å². The number of anilines is 1. The number of hydrogen-bond donors (Lipinski definition) is 2. The third-order valence-electron chi connectivity index (χ3n) is 4.63. The lowest BCUT2D eigenvalue weighted by molar-refractivity contribution is -0.118. The third kappa shape index (κ3) is 3.90. The molecule has 3 heterocycles. The number of benzene rings is 1. The van der Waals surface area contributed by atoms with E-state index in [1.54, 1.807) is 18.6 Å². The topological polar surface area (TPSA) is 102 Å². The average Bonchev–Trinajstić information content (AvgIpc) is 3.08. The van der Waals surface area contributed by atoms with Crippen LogP contribution in [-0.4, -0.2) is 37.7 Å². The monoisotopic (exact) mass is 376 g/mol. The molecule has 2 amide bonds. The van der Waals surface area contributed by atoms with Gasteiger partial charge in [-0.05, 0) is 30.9 Å². The van der Waals surface area contributed by atoms with Gasteiger partial charge in [0, 0.05) is 25.0 Å². The van der Waals surface area contributed by atoms with Crippen LogP contribution in [0.2, 0.25) is 0 Å². The fourth-order valence-electron chi connectivity index (χ4n) is 3.24. The Morgan fingerprint density at radius 1 is 1.29 bits per heavy atom. The molecule has 1 atom stereocenters. The standard InChI is InChI=1S/C20H20N6O2/c1-13-3-2-4-14(9-13)10-15-11-23-26(12-15)20(28)24-17-6-5-16-18(25-19(17)27)22-8-7-21-16/h2-4,7-9,11-12,17H,5-6,10H2,1H3,(H,24,28)(H,22,25,27).